The number of hydrazone groups is 1. The minimum atomic E-state index is -0.440. The molecule has 1 aliphatic rings. The van der Waals surface area contributed by atoms with E-state index < -0.39 is 5.92 Å². The normalized spacial score (nSPS) is 16.4. The number of nitrogens with one attached hydrogen (secondary N) is 1. The van der Waals surface area contributed by atoms with Crippen LogP contribution in [0.3, 0.4) is 0 Å². The van der Waals surface area contributed by atoms with Crippen LogP contribution in [0.2, 0.25) is 5.02 Å². The summed E-state index contributed by atoms with van der Waals surface area (Å²) in [7, 11) is 0. The van der Waals surface area contributed by atoms with Crippen LogP contribution in [0.5, 0.6) is 5.75 Å². The zero-order chi connectivity index (χ0) is 20.6. The van der Waals surface area contributed by atoms with E-state index in [0.717, 1.165) is 29.8 Å². The highest BCUT2D eigenvalue weighted by Crippen LogP contribution is 2.26. The van der Waals surface area contributed by atoms with Gasteiger partial charge >= 0.3 is 0 Å². The van der Waals surface area contributed by atoms with Gasteiger partial charge in [-0.2, -0.15) is 5.10 Å². The highest BCUT2D eigenvalue weighted by atomic mass is 35.5. The number of hydrogen-bond acceptors (Lipinski definition) is 4. The molecule has 7 heteroatoms. The summed E-state index contributed by atoms with van der Waals surface area (Å²) >= 11 is 5.89. The van der Waals surface area contributed by atoms with E-state index in [1.165, 1.54) is 0 Å². The SMILES string of the molecule is CCCCOc1ccc(C=NNC(=O)C2CC(=O)N(c3ccc(Cl)cc3)C2)cc1. The van der Waals surface area contributed by atoms with Crippen molar-refractivity contribution in [3.63, 3.8) is 0 Å². The number of hydrogen-bond donors (Lipinski definition) is 1. The number of benzene rings is 2. The molecule has 1 atom stereocenters. The van der Waals surface area contributed by atoms with Crippen LogP contribution in [-0.4, -0.2) is 31.2 Å². The van der Waals surface area contributed by atoms with Crippen molar-refractivity contribution < 1.29 is 14.3 Å². The van der Waals surface area contributed by atoms with Crippen LogP contribution in [0.15, 0.2) is 53.6 Å². The summed E-state index contributed by atoms with van der Waals surface area (Å²) in [6, 6.07) is 14.5. The number of amides is 2. The first-order valence-corrected chi connectivity index (χ1v) is 10.1. The van der Waals surface area contributed by atoms with Crippen molar-refractivity contribution in [1.29, 1.82) is 0 Å². The first-order chi connectivity index (χ1) is 14.1. The van der Waals surface area contributed by atoms with Crippen LogP contribution in [-0.2, 0) is 9.59 Å². The van der Waals surface area contributed by atoms with Gasteiger partial charge in [-0.25, -0.2) is 5.43 Å². The van der Waals surface area contributed by atoms with Gasteiger partial charge in [0, 0.05) is 23.7 Å². The molecule has 0 aliphatic carbocycles. The number of carbonyl (C=O) groups is 2. The lowest BCUT2D eigenvalue weighted by Crippen LogP contribution is -2.30. The molecule has 0 bridgehead atoms. The summed E-state index contributed by atoms with van der Waals surface area (Å²) in [5, 5.41) is 4.61. The summed E-state index contributed by atoms with van der Waals surface area (Å²) in [5.41, 5.74) is 4.11. The quantitative estimate of drug-likeness (QED) is 0.403. The number of unbranched alkanes of at least 4 members (excludes halogenated alkanes) is 1. The molecule has 3 rings (SSSR count). The molecular formula is C22H24ClN3O3. The summed E-state index contributed by atoms with van der Waals surface area (Å²) in [5.74, 6) is 0.0109. The molecule has 0 saturated carbocycles. The zero-order valence-electron chi connectivity index (χ0n) is 16.3. The molecule has 1 unspecified atom stereocenters. The van der Waals surface area contributed by atoms with Crippen LogP contribution in [0.1, 0.15) is 31.7 Å². The van der Waals surface area contributed by atoms with E-state index in [0.29, 0.717) is 18.2 Å². The van der Waals surface area contributed by atoms with Gasteiger partial charge in [-0.3, -0.25) is 9.59 Å². The average molecular weight is 414 g/mol. The molecule has 0 aromatic heterocycles. The fourth-order valence-corrected chi connectivity index (χ4v) is 3.13. The molecule has 6 nitrogen and oxygen atoms in total. The Morgan fingerprint density at radius 1 is 1.24 bits per heavy atom. The molecule has 1 aliphatic heterocycles. The van der Waals surface area contributed by atoms with Crippen molar-refractivity contribution in [1.82, 2.24) is 5.43 Å². The van der Waals surface area contributed by atoms with Gasteiger partial charge in [0.1, 0.15) is 5.75 Å². The summed E-state index contributed by atoms with van der Waals surface area (Å²) < 4.78 is 5.62. The van der Waals surface area contributed by atoms with Gasteiger partial charge in [0.2, 0.25) is 11.8 Å². The average Bonchev–Trinajstić information content (AvgIpc) is 3.12. The second-order valence-electron chi connectivity index (χ2n) is 6.89. The van der Waals surface area contributed by atoms with E-state index in [4.69, 9.17) is 16.3 Å². The molecule has 1 fully saturated rings. The predicted octanol–water partition coefficient (Wildman–Crippen LogP) is 4.02. The number of halogens is 1. The maximum absolute atomic E-state index is 12.4. The lowest BCUT2D eigenvalue weighted by molar-refractivity contribution is -0.126. The van der Waals surface area contributed by atoms with Gasteiger partial charge in [-0.1, -0.05) is 24.9 Å². The Bertz CT molecular complexity index is 866. The largest absolute Gasteiger partial charge is 0.494 e. The Labute approximate surface area is 175 Å². The number of carbonyl (C=O) groups excluding carboxylic acids is 2. The Morgan fingerprint density at radius 2 is 1.97 bits per heavy atom. The first kappa shape index (κ1) is 20.9. The highest BCUT2D eigenvalue weighted by molar-refractivity contribution is 6.30. The maximum Gasteiger partial charge on any atom is 0.245 e. The number of ether oxygens (including phenoxy) is 1. The van der Waals surface area contributed by atoms with Crippen LogP contribution < -0.4 is 15.1 Å². The van der Waals surface area contributed by atoms with Crippen molar-refractivity contribution in [2.45, 2.75) is 26.2 Å². The summed E-state index contributed by atoms with van der Waals surface area (Å²) in [4.78, 5) is 26.2. The fourth-order valence-electron chi connectivity index (χ4n) is 3.00. The third-order valence-electron chi connectivity index (χ3n) is 4.67. The van der Waals surface area contributed by atoms with Gasteiger partial charge in [0.05, 0.1) is 18.7 Å². The Balaban J connectivity index is 1.50. The van der Waals surface area contributed by atoms with Crippen LogP contribution >= 0.6 is 11.6 Å². The molecule has 2 aromatic carbocycles. The Kier molecular flexibility index (Phi) is 7.25. The van der Waals surface area contributed by atoms with Crippen LogP contribution in [0.25, 0.3) is 0 Å². The molecule has 2 amide bonds. The van der Waals surface area contributed by atoms with E-state index in [-0.39, 0.29) is 18.2 Å². The first-order valence-electron chi connectivity index (χ1n) is 9.68. The lowest BCUT2D eigenvalue weighted by Gasteiger charge is -2.16. The van der Waals surface area contributed by atoms with Gasteiger partial charge in [-0.15, -0.1) is 0 Å². The van der Waals surface area contributed by atoms with E-state index in [1.807, 2.05) is 24.3 Å². The molecule has 29 heavy (non-hydrogen) atoms. The topological polar surface area (TPSA) is 71.0 Å². The monoisotopic (exact) mass is 413 g/mol. The minimum Gasteiger partial charge on any atom is -0.494 e. The number of rotatable bonds is 8. The molecule has 0 radical (unpaired) electrons. The van der Waals surface area contributed by atoms with E-state index in [2.05, 4.69) is 17.5 Å². The molecule has 2 aromatic rings. The lowest BCUT2D eigenvalue weighted by atomic mass is 10.1. The third kappa shape index (κ3) is 5.81. The predicted molar refractivity (Wildman–Crippen MR) is 114 cm³/mol. The standard InChI is InChI=1S/C22H24ClN3O3/c1-2-3-12-29-20-10-4-16(5-11-20)14-24-25-22(28)17-13-21(27)26(15-17)19-8-6-18(23)7-9-19/h4-11,14,17H,2-3,12-13,15H2,1H3,(H,25,28). The molecule has 1 saturated heterocycles. The minimum absolute atomic E-state index is 0.0879. The maximum atomic E-state index is 12.4. The Morgan fingerprint density at radius 3 is 2.66 bits per heavy atom. The van der Waals surface area contributed by atoms with Crippen molar-refractivity contribution in [3.8, 4) is 5.75 Å². The van der Waals surface area contributed by atoms with E-state index >= 15 is 0 Å². The molecule has 1 N–H and O–H groups in total. The van der Waals surface area contributed by atoms with Crippen LogP contribution in [0.4, 0.5) is 5.69 Å². The molecular weight excluding hydrogens is 390 g/mol. The van der Waals surface area contributed by atoms with Gasteiger partial charge < -0.3 is 9.64 Å². The van der Waals surface area contributed by atoms with Gasteiger partial charge in [0.15, 0.2) is 0 Å². The number of anilines is 1. The fraction of sp³-hybridized carbons (Fsp3) is 0.318. The summed E-state index contributed by atoms with van der Waals surface area (Å²) in [6.45, 7) is 3.15. The van der Waals surface area contributed by atoms with E-state index in [9.17, 15) is 9.59 Å². The van der Waals surface area contributed by atoms with Gasteiger partial charge in [-0.05, 0) is 60.5 Å². The second-order valence-corrected chi connectivity index (χ2v) is 7.32. The van der Waals surface area contributed by atoms with Gasteiger partial charge in [0.25, 0.3) is 0 Å². The van der Waals surface area contributed by atoms with Crippen molar-refractivity contribution in [2.24, 2.45) is 11.0 Å². The summed E-state index contributed by atoms with van der Waals surface area (Å²) in [6.07, 6.45) is 3.85. The highest BCUT2D eigenvalue weighted by Gasteiger charge is 2.35. The molecule has 0 spiro atoms. The molecule has 1 heterocycles. The smallest absolute Gasteiger partial charge is 0.245 e. The zero-order valence-corrected chi connectivity index (χ0v) is 17.1. The van der Waals surface area contributed by atoms with E-state index in [1.54, 1.807) is 35.4 Å². The van der Waals surface area contributed by atoms with Crippen molar-refractivity contribution in [3.05, 3.63) is 59.1 Å². The Hall–Kier alpha value is -2.86. The van der Waals surface area contributed by atoms with Crippen molar-refractivity contribution >= 4 is 35.3 Å². The second kappa shape index (κ2) is 10.1. The number of nitrogens with zero attached hydrogens (tertiary/aromatic N) is 2. The molecule has 152 valence electrons. The third-order valence-corrected chi connectivity index (χ3v) is 4.92. The van der Waals surface area contributed by atoms with Crippen molar-refractivity contribution in [2.75, 3.05) is 18.1 Å². The van der Waals surface area contributed by atoms with Crippen LogP contribution in [0, 0.1) is 5.92 Å².